The quantitative estimate of drug-likeness (QED) is 0.152. The molecule has 0 fully saturated rings. The lowest BCUT2D eigenvalue weighted by Crippen LogP contribution is -2.30. The predicted molar refractivity (Wildman–Crippen MR) is 165 cm³/mol. The number of ether oxygens (including phenoxy) is 1. The first-order valence-corrected chi connectivity index (χ1v) is 13.9. The van der Waals surface area contributed by atoms with Gasteiger partial charge in [-0.3, -0.25) is 14.4 Å². The third-order valence-corrected chi connectivity index (χ3v) is 7.31. The van der Waals surface area contributed by atoms with Crippen LogP contribution in [0.3, 0.4) is 0 Å². The zero-order valence-corrected chi connectivity index (χ0v) is 23.9. The molecule has 7 nitrogen and oxygen atoms in total. The fraction of sp³-hybridized carbons (Fsp3) is 0.121. The van der Waals surface area contributed by atoms with Crippen LogP contribution >= 0.6 is 11.8 Å². The van der Waals surface area contributed by atoms with Crippen molar-refractivity contribution in [3.05, 3.63) is 125 Å². The number of hydrogen-bond donors (Lipinski definition) is 3. The van der Waals surface area contributed by atoms with E-state index in [1.54, 1.807) is 67.8 Å². The lowest BCUT2D eigenvalue weighted by Gasteiger charge is -2.12. The van der Waals surface area contributed by atoms with Crippen LogP contribution in [0.5, 0.6) is 5.75 Å². The molecule has 4 rings (SSSR count). The molecule has 4 aromatic carbocycles. The van der Waals surface area contributed by atoms with Crippen molar-refractivity contribution in [3.63, 3.8) is 0 Å². The number of carbonyl (C=O) groups excluding carboxylic acids is 3. The first-order valence-electron chi connectivity index (χ1n) is 12.9. The highest BCUT2D eigenvalue weighted by atomic mass is 32.2. The molecule has 0 unspecified atom stereocenters. The van der Waals surface area contributed by atoms with Crippen molar-refractivity contribution in [1.82, 2.24) is 5.32 Å². The minimum absolute atomic E-state index is 0.0775. The van der Waals surface area contributed by atoms with E-state index in [1.807, 2.05) is 56.3 Å². The van der Waals surface area contributed by atoms with E-state index < -0.39 is 11.8 Å². The molecule has 0 spiro atoms. The number of thioether (sulfide) groups is 1. The number of aryl methyl sites for hydroxylation is 1. The fourth-order valence-electron chi connectivity index (χ4n) is 3.89. The van der Waals surface area contributed by atoms with E-state index >= 15 is 0 Å². The highest BCUT2D eigenvalue weighted by molar-refractivity contribution is 8.00. The van der Waals surface area contributed by atoms with Crippen LogP contribution in [-0.2, 0) is 9.59 Å². The molecule has 0 aliphatic carbocycles. The van der Waals surface area contributed by atoms with E-state index in [0.717, 1.165) is 21.7 Å². The molecular weight excluding hydrogens is 534 g/mol. The molecule has 0 saturated carbocycles. The van der Waals surface area contributed by atoms with Gasteiger partial charge in [-0.2, -0.15) is 0 Å². The van der Waals surface area contributed by atoms with Gasteiger partial charge in [-0.25, -0.2) is 0 Å². The molecule has 0 aliphatic heterocycles. The highest BCUT2D eigenvalue weighted by Gasteiger charge is 2.15. The average Bonchev–Trinajstić information content (AvgIpc) is 2.99. The molecule has 0 saturated heterocycles. The van der Waals surface area contributed by atoms with Crippen molar-refractivity contribution in [3.8, 4) is 5.75 Å². The molecule has 4 aromatic rings. The van der Waals surface area contributed by atoms with Crippen LogP contribution < -0.4 is 20.7 Å². The maximum atomic E-state index is 13.3. The van der Waals surface area contributed by atoms with Crippen molar-refractivity contribution in [2.75, 3.05) is 23.5 Å². The number of carbonyl (C=O) groups is 3. The summed E-state index contributed by atoms with van der Waals surface area (Å²) >= 11 is 1.40. The van der Waals surface area contributed by atoms with Crippen molar-refractivity contribution >= 4 is 46.9 Å². The Hall–Kier alpha value is -4.82. The first-order chi connectivity index (χ1) is 19.8. The Labute approximate surface area is 244 Å². The van der Waals surface area contributed by atoms with Crippen LogP contribution in [0, 0.1) is 13.8 Å². The number of benzene rings is 4. The first kappa shape index (κ1) is 29.2. The predicted octanol–water partition coefficient (Wildman–Crippen LogP) is 6.45. The maximum absolute atomic E-state index is 13.3. The van der Waals surface area contributed by atoms with E-state index in [0.29, 0.717) is 22.6 Å². The maximum Gasteiger partial charge on any atom is 0.272 e. The number of nitrogens with one attached hydrogen (secondary N) is 3. The monoisotopic (exact) mass is 565 g/mol. The van der Waals surface area contributed by atoms with Gasteiger partial charge in [-0.15, -0.1) is 11.8 Å². The molecule has 0 heterocycles. The summed E-state index contributed by atoms with van der Waals surface area (Å²) in [4.78, 5) is 39.5. The molecule has 3 amide bonds. The van der Waals surface area contributed by atoms with Gasteiger partial charge < -0.3 is 20.7 Å². The Morgan fingerprint density at radius 2 is 1.56 bits per heavy atom. The minimum Gasteiger partial charge on any atom is -0.497 e. The molecular formula is C33H31N3O4S. The Kier molecular flexibility index (Phi) is 9.96. The van der Waals surface area contributed by atoms with E-state index in [-0.39, 0.29) is 17.4 Å². The Bertz CT molecular complexity index is 1570. The molecule has 0 atom stereocenters. The van der Waals surface area contributed by atoms with Crippen molar-refractivity contribution in [1.29, 1.82) is 0 Å². The zero-order valence-electron chi connectivity index (χ0n) is 23.1. The minimum atomic E-state index is -0.481. The summed E-state index contributed by atoms with van der Waals surface area (Å²) in [6.45, 7) is 3.99. The van der Waals surface area contributed by atoms with Crippen LogP contribution in [0.4, 0.5) is 11.4 Å². The molecule has 0 bridgehead atoms. The van der Waals surface area contributed by atoms with Gasteiger partial charge in [0.2, 0.25) is 5.91 Å². The van der Waals surface area contributed by atoms with Crippen molar-refractivity contribution in [2.24, 2.45) is 0 Å². The van der Waals surface area contributed by atoms with E-state index in [4.69, 9.17) is 4.74 Å². The third-order valence-electron chi connectivity index (χ3n) is 6.29. The molecule has 3 N–H and O–H groups in total. The lowest BCUT2D eigenvalue weighted by atomic mass is 10.1. The van der Waals surface area contributed by atoms with Crippen LogP contribution in [0.25, 0.3) is 6.08 Å². The summed E-state index contributed by atoms with van der Waals surface area (Å²) in [7, 11) is 1.56. The summed E-state index contributed by atoms with van der Waals surface area (Å²) < 4.78 is 5.28. The van der Waals surface area contributed by atoms with Gasteiger partial charge in [0.1, 0.15) is 11.4 Å². The van der Waals surface area contributed by atoms with Gasteiger partial charge >= 0.3 is 0 Å². The average molecular weight is 566 g/mol. The Balaban J connectivity index is 1.42. The van der Waals surface area contributed by atoms with Crippen LogP contribution in [0.15, 0.2) is 108 Å². The molecule has 0 aromatic heterocycles. The van der Waals surface area contributed by atoms with Gasteiger partial charge in [0.25, 0.3) is 11.8 Å². The van der Waals surface area contributed by atoms with Crippen LogP contribution in [0.2, 0.25) is 0 Å². The fourth-order valence-corrected chi connectivity index (χ4v) is 4.59. The highest BCUT2D eigenvalue weighted by Crippen LogP contribution is 2.23. The van der Waals surface area contributed by atoms with Gasteiger partial charge in [0, 0.05) is 21.8 Å². The van der Waals surface area contributed by atoms with E-state index in [2.05, 4.69) is 16.0 Å². The largest absolute Gasteiger partial charge is 0.497 e. The molecule has 0 aliphatic rings. The number of anilines is 2. The van der Waals surface area contributed by atoms with Gasteiger partial charge in [-0.1, -0.05) is 42.5 Å². The third kappa shape index (κ3) is 8.33. The summed E-state index contributed by atoms with van der Waals surface area (Å²) in [6.07, 6.45) is 1.59. The van der Waals surface area contributed by atoms with Crippen LogP contribution in [-0.4, -0.2) is 30.6 Å². The van der Waals surface area contributed by atoms with Gasteiger partial charge in [-0.05, 0) is 91.2 Å². The normalized spacial score (nSPS) is 11.0. The van der Waals surface area contributed by atoms with Crippen molar-refractivity contribution < 1.29 is 19.1 Å². The smallest absolute Gasteiger partial charge is 0.272 e. The standard InChI is InChI=1S/C33H31N3O4S/c1-22-9-7-14-29(23(22)2)35-31(37)21-41-28-17-15-26(16-18-28)34-33(39)30(20-24-10-8-13-27(19-24)40-3)36-32(38)25-11-5-4-6-12-25/h4-20H,21H2,1-3H3,(H,34,39)(H,35,37)(H,36,38)/b30-20-. The number of amides is 3. The van der Waals surface area contributed by atoms with Crippen LogP contribution in [0.1, 0.15) is 27.0 Å². The van der Waals surface area contributed by atoms with E-state index in [9.17, 15) is 14.4 Å². The molecule has 8 heteroatoms. The summed E-state index contributed by atoms with van der Waals surface area (Å²) in [5, 5.41) is 8.53. The Morgan fingerprint density at radius 1 is 0.829 bits per heavy atom. The summed E-state index contributed by atoms with van der Waals surface area (Å²) in [5.41, 5.74) is 4.72. The lowest BCUT2D eigenvalue weighted by molar-refractivity contribution is -0.114. The SMILES string of the molecule is COc1cccc(/C=C(\NC(=O)c2ccccc2)C(=O)Nc2ccc(SCC(=O)Nc3cccc(C)c3C)cc2)c1. The number of rotatable bonds is 10. The van der Waals surface area contributed by atoms with E-state index in [1.165, 1.54) is 11.8 Å². The second-order valence-electron chi connectivity index (χ2n) is 9.22. The number of methoxy groups -OCH3 is 1. The Morgan fingerprint density at radius 3 is 2.29 bits per heavy atom. The molecule has 41 heavy (non-hydrogen) atoms. The number of hydrogen-bond acceptors (Lipinski definition) is 5. The molecule has 208 valence electrons. The van der Waals surface area contributed by atoms with Gasteiger partial charge in [0.15, 0.2) is 0 Å². The molecule has 0 radical (unpaired) electrons. The van der Waals surface area contributed by atoms with Crippen molar-refractivity contribution in [2.45, 2.75) is 18.7 Å². The second kappa shape index (κ2) is 14.0. The second-order valence-corrected chi connectivity index (χ2v) is 10.3. The zero-order chi connectivity index (χ0) is 29.2. The topological polar surface area (TPSA) is 96.5 Å². The summed E-state index contributed by atoms with van der Waals surface area (Å²) in [5.74, 6) is -0.102. The van der Waals surface area contributed by atoms with Gasteiger partial charge in [0.05, 0.1) is 12.9 Å². The summed E-state index contributed by atoms with van der Waals surface area (Å²) in [6, 6.07) is 28.9.